The maximum Gasteiger partial charge on any atom is 0.0899 e. The lowest BCUT2D eigenvalue weighted by molar-refractivity contribution is 1.06. The zero-order valence-electron chi connectivity index (χ0n) is 13.9. The van der Waals surface area contributed by atoms with Gasteiger partial charge in [0.25, 0.3) is 0 Å². The van der Waals surface area contributed by atoms with E-state index in [4.69, 9.17) is 0 Å². The quantitative estimate of drug-likeness (QED) is 0.420. The molecule has 4 rings (SSSR count). The molecule has 0 aliphatic carbocycles. The number of rotatable bonds is 4. The highest BCUT2D eigenvalue weighted by Crippen LogP contribution is 2.20. The Morgan fingerprint density at radius 3 is 1.48 bits per heavy atom. The maximum atomic E-state index is 4.37. The lowest BCUT2D eigenvalue weighted by Gasteiger charge is -2.03. The third-order valence-electron chi connectivity index (χ3n) is 4.40. The van der Waals surface area contributed by atoms with Crippen molar-refractivity contribution in [1.82, 2.24) is 0 Å². The Bertz CT molecular complexity index is 993. The molecule has 0 radical (unpaired) electrons. The molecule has 0 bridgehead atoms. The minimum absolute atomic E-state index is 0.598. The van der Waals surface area contributed by atoms with Crippen LogP contribution in [0, 0.1) is 0 Å². The van der Waals surface area contributed by atoms with Crippen molar-refractivity contribution in [2.45, 2.75) is 13.1 Å². The van der Waals surface area contributed by atoms with Crippen LogP contribution in [0.1, 0.15) is 11.1 Å². The van der Waals surface area contributed by atoms with E-state index in [0.717, 1.165) is 0 Å². The Labute approximate surface area is 147 Å². The maximum absolute atomic E-state index is 4.37. The summed E-state index contributed by atoms with van der Waals surface area (Å²) < 4.78 is 0. The smallest absolute Gasteiger partial charge is 0.0899 e. The van der Waals surface area contributed by atoms with E-state index in [1.54, 1.807) is 0 Å². The first-order valence-electron chi connectivity index (χ1n) is 8.43. The van der Waals surface area contributed by atoms with Crippen LogP contribution in [0.25, 0.3) is 21.5 Å². The van der Waals surface area contributed by atoms with Crippen molar-refractivity contribution < 1.29 is 0 Å². The van der Waals surface area contributed by atoms with E-state index in [2.05, 4.69) is 101 Å². The van der Waals surface area contributed by atoms with Crippen LogP contribution in [-0.4, -0.2) is 6.01 Å². The number of hydrogen-bond acceptors (Lipinski definition) is 2. The van der Waals surface area contributed by atoms with Crippen molar-refractivity contribution in [3.63, 3.8) is 0 Å². The molecule has 0 fully saturated rings. The number of hydrogen-bond donors (Lipinski definition) is 0. The molecule has 4 aromatic carbocycles. The normalized spacial score (nSPS) is 10.6. The molecule has 120 valence electrons. The van der Waals surface area contributed by atoms with Gasteiger partial charge in [-0.1, -0.05) is 84.9 Å². The SMILES string of the molecule is C(=NCc1cccc2ccccc12)=NCc1cccc2ccccc12. The summed E-state index contributed by atoms with van der Waals surface area (Å²) in [5.74, 6) is 0. The highest BCUT2D eigenvalue weighted by molar-refractivity contribution is 5.86. The fourth-order valence-electron chi connectivity index (χ4n) is 3.15. The Kier molecular flexibility index (Phi) is 4.37. The minimum atomic E-state index is 0.598. The number of benzene rings is 4. The average molecular weight is 322 g/mol. The number of nitrogens with zero attached hydrogens (tertiary/aromatic N) is 2. The Morgan fingerprint density at radius 2 is 0.960 bits per heavy atom. The lowest BCUT2D eigenvalue weighted by atomic mass is 10.0. The Balaban J connectivity index is 1.52. The van der Waals surface area contributed by atoms with E-state index in [1.807, 2.05) is 0 Å². The summed E-state index contributed by atoms with van der Waals surface area (Å²) >= 11 is 0. The van der Waals surface area contributed by atoms with E-state index < -0.39 is 0 Å². The zero-order chi connectivity index (χ0) is 16.9. The van der Waals surface area contributed by atoms with Gasteiger partial charge in [-0.25, -0.2) is 9.98 Å². The standard InChI is InChI=1S/C23H18N2/c1-3-13-22-18(7-1)9-5-11-20(22)15-24-17-25-16-21-12-6-10-19-8-2-4-14-23(19)21/h1-14H,15-16H2. The second kappa shape index (κ2) is 7.12. The van der Waals surface area contributed by atoms with Crippen molar-refractivity contribution in [3.05, 3.63) is 96.1 Å². The van der Waals surface area contributed by atoms with E-state index in [-0.39, 0.29) is 0 Å². The van der Waals surface area contributed by atoms with Crippen LogP contribution < -0.4 is 0 Å². The van der Waals surface area contributed by atoms with Gasteiger partial charge in [-0.05, 0) is 32.7 Å². The van der Waals surface area contributed by atoms with Crippen LogP contribution >= 0.6 is 0 Å². The third kappa shape index (κ3) is 3.35. The summed E-state index contributed by atoms with van der Waals surface area (Å²) in [5, 5.41) is 4.96. The topological polar surface area (TPSA) is 24.7 Å². The predicted molar refractivity (Wildman–Crippen MR) is 105 cm³/mol. The molecule has 0 saturated carbocycles. The van der Waals surface area contributed by atoms with Gasteiger partial charge in [0.1, 0.15) is 0 Å². The van der Waals surface area contributed by atoms with Gasteiger partial charge < -0.3 is 0 Å². The average Bonchev–Trinajstić information content (AvgIpc) is 2.68. The van der Waals surface area contributed by atoms with Gasteiger partial charge in [-0.2, -0.15) is 0 Å². The summed E-state index contributed by atoms with van der Waals surface area (Å²) in [6.07, 6.45) is 0. The molecule has 0 heterocycles. The number of fused-ring (bicyclic) bond motifs is 2. The summed E-state index contributed by atoms with van der Waals surface area (Å²) in [6, 6.07) is 32.2. The highest BCUT2D eigenvalue weighted by Gasteiger charge is 1.99. The molecule has 25 heavy (non-hydrogen) atoms. The van der Waals surface area contributed by atoms with Crippen molar-refractivity contribution in [2.75, 3.05) is 0 Å². The number of aliphatic imine (C=N–C) groups is 2. The Morgan fingerprint density at radius 1 is 0.520 bits per heavy atom. The molecule has 0 aliphatic heterocycles. The van der Waals surface area contributed by atoms with Crippen molar-refractivity contribution >= 4 is 27.6 Å². The van der Waals surface area contributed by atoms with Gasteiger partial charge in [0.2, 0.25) is 0 Å². The van der Waals surface area contributed by atoms with Crippen LogP contribution in [0.3, 0.4) is 0 Å². The van der Waals surface area contributed by atoms with Crippen molar-refractivity contribution in [3.8, 4) is 0 Å². The second-order valence-corrected chi connectivity index (χ2v) is 6.01. The molecular formula is C23H18N2. The predicted octanol–water partition coefficient (Wildman–Crippen LogP) is 5.87. The molecule has 0 unspecified atom stereocenters. The molecule has 4 aromatic rings. The van der Waals surface area contributed by atoms with E-state index >= 15 is 0 Å². The third-order valence-corrected chi connectivity index (χ3v) is 4.40. The van der Waals surface area contributed by atoms with Crippen LogP contribution in [-0.2, 0) is 13.1 Å². The fraction of sp³-hybridized carbons (Fsp3) is 0.0870. The van der Waals surface area contributed by atoms with Gasteiger partial charge in [0, 0.05) is 0 Å². The molecule has 0 aliphatic rings. The largest absolute Gasteiger partial charge is 0.221 e. The lowest BCUT2D eigenvalue weighted by Crippen LogP contribution is -1.85. The molecule has 2 nitrogen and oxygen atoms in total. The van der Waals surface area contributed by atoms with Gasteiger partial charge in [-0.3, -0.25) is 0 Å². The monoisotopic (exact) mass is 322 g/mol. The van der Waals surface area contributed by atoms with Crippen LogP contribution in [0.2, 0.25) is 0 Å². The van der Waals surface area contributed by atoms with Gasteiger partial charge in [0.05, 0.1) is 19.1 Å². The van der Waals surface area contributed by atoms with Crippen molar-refractivity contribution in [1.29, 1.82) is 0 Å². The van der Waals surface area contributed by atoms with Crippen LogP contribution in [0.4, 0.5) is 0 Å². The fourth-order valence-corrected chi connectivity index (χ4v) is 3.15. The van der Waals surface area contributed by atoms with E-state index in [1.165, 1.54) is 32.7 Å². The van der Waals surface area contributed by atoms with E-state index in [9.17, 15) is 0 Å². The zero-order valence-corrected chi connectivity index (χ0v) is 13.9. The minimum Gasteiger partial charge on any atom is -0.221 e. The first kappa shape index (κ1) is 15.3. The van der Waals surface area contributed by atoms with Crippen LogP contribution in [0.15, 0.2) is 94.9 Å². The van der Waals surface area contributed by atoms with Gasteiger partial charge in [-0.15, -0.1) is 0 Å². The van der Waals surface area contributed by atoms with Gasteiger partial charge >= 0.3 is 0 Å². The van der Waals surface area contributed by atoms with Gasteiger partial charge in [0.15, 0.2) is 0 Å². The summed E-state index contributed by atoms with van der Waals surface area (Å²) in [7, 11) is 0. The molecule has 0 atom stereocenters. The second-order valence-electron chi connectivity index (χ2n) is 6.01. The molecule has 0 amide bonds. The molecule has 0 spiro atoms. The molecular weight excluding hydrogens is 304 g/mol. The van der Waals surface area contributed by atoms with Crippen molar-refractivity contribution in [2.24, 2.45) is 9.98 Å². The first-order valence-corrected chi connectivity index (χ1v) is 8.43. The first-order chi connectivity index (χ1) is 12.4. The molecule has 0 aromatic heterocycles. The molecule has 2 heteroatoms. The van der Waals surface area contributed by atoms with E-state index in [0.29, 0.717) is 13.1 Å². The summed E-state index contributed by atoms with van der Waals surface area (Å²) in [4.78, 5) is 8.74. The molecule has 0 N–H and O–H groups in total. The van der Waals surface area contributed by atoms with Crippen LogP contribution in [0.5, 0.6) is 0 Å². The molecule has 0 saturated heterocycles. The Hall–Kier alpha value is -3.22. The highest BCUT2D eigenvalue weighted by atomic mass is 14.8. The summed E-state index contributed by atoms with van der Waals surface area (Å²) in [5.41, 5.74) is 2.40. The summed E-state index contributed by atoms with van der Waals surface area (Å²) in [6.45, 7) is 1.20.